The number of benzene rings is 2. The van der Waals surface area contributed by atoms with Crippen molar-refractivity contribution in [1.82, 2.24) is 4.98 Å². The van der Waals surface area contributed by atoms with Crippen LogP contribution in [0.3, 0.4) is 0 Å². The van der Waals surface area contributed by atoms with Gasteiger partial charge in [0.25, 0.3) is 11.8 Å². The highest BCUT2D eigenvalue weighted by atomic mass is 32.1. The quantitative estimate of drug-likeness (QED) is 0.439. The molecule has 8 nitrogen and oxygen atoms in total. The van der Waals surface area contributed by atoms with Crippen LogP contribution in [0.4, 0.5) is 11.4 Å². The number of amides is 2. The molecule has 1 aromatic heterocycles. The average molecular weight is 506 g/mol. The van der Waals surface area contributed by atoms with Gasteiger partial charge >= 0.3 is 0 Å². The molecule has 0 saturated carbocycles. The number of thiazole rings is 1. The van der Waals surface area contributed by atoms with Crippen molar-refractivity contribution in [1.29, 1.82) is 0 Å². The third-order valence-electron chi connectivity index (χ3n) is 6.32. The number of carbonyl (C=O) groups excluding carboxylic acids is 3. The highest BCUT2D eigenvalue weighted by molar-refractivity contribution is 7.09. The Morgan fingerprint density at radius 1 is 1.08 bits per heavy atom. The summed E-state index contributed by atoms with van der Waals surface area (Å²) in [5.74, 6) is 0.417. The van der Waals surface area contributed by atoms with Gasteiger partial charge < -0.3 is 14.4 Å². The van der Waals surface area contributed by atoms with E-state index < -0.39 is 6.10 Å². The first-order valence-corrected chi connectivity index (χ1v) is 12.9. The van der Waals surface area contributed by atoms with E-state index in [4.69, 9.17) is 14.5 Å². The van der Waals surface area contributed by atoms with Crippen LogP contribution in [-0.4, -0.2) is 48.4 Å². The fourth-order valence-corrected chi connectivity index (χ4v) is 5.37. The number of aryl methyl sites for hydroxylation is 1. The van der Waals surface area contributed by atoms with E-state index in [2.05, 4.69) is 6.92 Å². The number of likely N-dealkylation sites (N-methyl/N-ethyl adjacent to an activating group) is 1. The van der Waals surface area contributed by atoms with Gasteiger partial charge in [0.1, 0.15) is 11.5 Å². The van der Waals surface area contributed by atoms with E-state index in [0.29, 0.717) is 35.0 Å². The predicted molar refractivity (Wildman–Crippen MR) is 138 cm³/mol. The number of ether oxygens (including phenoxy) is 2. The fourth-order valence-electron chi connectivity index (χ4n) is 4.46. The SMILES string of the molecule is CCCc1nc(-c2ccc3c(c2)N(CC(=O)c2ccc4c(c2)N(CC)C(=O)CO4)C(=O)C(C)O3)cs1. The molecule has 2 aliphatic heterocycles. The molecule has 3 aromatic rings. The van der Waals surface area contributed by atoms with E-state index in [1.165, 1.54) is 4.90 Å². The third kappa shape index (κ3) is 4.35. The molecule has 5 rings (SSSR count). The number of anilines is 2. The van der Waals surface area contributed by atoms with Crippen molar-refractivity contribution in [3.05, 3.63) is 52.3 Å². The minimum absolute atomic E-state index is 0.0215. The number of carbonyl (C=O) groups is 3. The minimum atomic E-state index is -0.711. The molecule has 0 aliphatic carbocycles. The molecule has 186 valence electrons. The molecule has 1 unspecified atom stereocenters. The van der Waals surface area contributed by atoms with Crippen LogP contribution in [0.15, 0.2) is 41.8 Å². The number of aromatic nitrogens is 1. The van der Waals surface area contributed by atoms with Crippen LogP contribution >= 0.6 is 11.3 Å². The van der Waals surface area contributed by atoms with Gasteiger partial charge in [-0.05, 0) is 63.1 Å². The normalized spacial score (nSPS) is 16.8. The van der Waals surface area contributed by atoms with Gasteiger partial charge in [0.05, 0.1) is 28.6 Å². The number of rotatable bonds is 7. The lowest BCUT2D eigenvalue weighted by Gasteiger charge is -2.33. The van der Waals surface area contributed by atoms with Gasteiger partial charge in [0.15, 0.2) is 18.5 Å². The van der Waals surface area contributed by atoms with Crippen LogP contribution in [0.1, 0.15) is 42.6 Å². The summed E-state index contributed by atoms with van der Waals surface area (Å²) in [6.45, 7) is 5.96. The number of ketones is 1. The van der Waals surface area contributed by atoms with Crippen LogP contribution in [-0.2, 0) is 16.0 Å². The summed E-state index contributed by atoms with van der Waals surface area (Å²) in [6, 6.07) is 10.6. The Hall–Kier alpha value is -3.72. The molecule has 2 aromatic carbocycles. The molecular weight excluding hydrogens is 478 g/mol. The van der Waals surface area contributed by atoms with Crippen molar-refractivity contribution >= 4 is 40.3 Å². The standard InChI is InChI=1S/C27H27N3O5S/c1-4-6-25-28-19(15-36-25)17-7-10-24-21(11-17)30(27(33)16(3)35-24)13-22(31)18-8-9-23-20(12-18)29(5-2)26(32)14-34-23/h7-12,15-16H,4-6,13-14H2,1-3H3. The van der Waals surface area contributed by atoms with Gasteiger partial charge in [0.2, 0.25) is 0 Å². The lowest BCUT2D eigenvalue weighted by molar-refractivity contribution is -0.125. The van der Waals surface area contributed by atoms with Crippen molar-refractivity contribution in [3.8, 4) is 22.8 Å². The second kappa shape index (κ2) is 9.73. The molecule has 3 heterocycles. The summed E-state index contributed by atoms with van der Waals surface area (Å²) < 4.78 is 11.3. The number of hydrogen-bond acceptors (Lipinski definition) is 7. The van der Waals surface area contributed by atoms with Crippen molar-refractivity contribution < 1.29 is 23.9 Å². The monoisotopic (exact) mass is 505 g/mol. The van der Waals surface area contributed by atoms with Crippen LogP contribution < -0.4 is 19.3 Å². The zero-order valence-electron chi connectivity index (χ0n) is 20.4. The number of hydrogen-bond donors (Lipinski definition) is 0. The van der Waals surface area contributed by atoms with Gasteiger partial charge in [-0.3, -0.25) is 19.3 Å². The van der Waals surface area contributed by atoms with Crippen molar-refractivity contribution in [2.45, 2.75) is 39.7 Å². The summed E-state index contributed by atoms with van der Waals surface area (Å²) >= 11 is 1.61. The summed E-state index contributed by atoms with van der Waals surface area (Å²) in [4.78, 5) is 46.5. The Balaban J connectivity index is 1.46. The molecule has 0 spiro atoms. The molecular formula is C27H27N3O5S. The number of Topliss-reactive ketones (excluding diaryl/α,β-unsaturated/α-hetero) is 1. The van der Waals surface area contributed by atoms with E-state index in [-0.39, 0.29) is 30.7 Å². The Morgan fingerprint density at radius 3 is 2.64 bits per heavy atom. The molecule has 0 bridgehead atoms. The maximum absolute atomic E-state index is 13.4. The van der Waals surface area contributed by atoms with E-state index in [0.717, 1.165) is 29.1 Å². The van der Waals surface area contributed by atoms with E-state index >= 15 is 0 Å². The van der Waals surface area contributed by atoms with Gasteiger partial charge in [-0.15, -0.1) is 11.3 Å². The minimum Gasteiger partial charge on any atom is -0.482 e. The Morgan fingerprint density at radius 2 is 1.86 bits per heavy atom. The zero-order valence-corrected chi connectivity index (χ0v) is 21.3. The predicted octanol–water partition coefficient (Wildman–Crippen LogP) is 4.50. The molecule has 0 radical (unpaired) electrons. The summed E-state index contributed by atoms with van der Waals surface area (Å²) in [5, 5.41) is 3.07. The van der Waals surface area contributed by atoms with Gasteiger partial charge in [-0.2, -0.15) is 0 Å². The van der Waals surface area contributed by atoms with Crippen molar-refractivity contribution in [2.75, 3.05) is 29.5 Å². The molecule has 1 atom stereocenters. The van der Waals surface area contributed by atoms with E-state index in [1.807, 2.05) is 30.5 Å². The molecule has 0 saturated heterocycles. The summed E-state index contributed by atoms with van der Waals surface area (Å²) in [6.07, 6.45) is 1.23. The lowest BCUT2D eigenvalue weighted by Crippen LogP contribution is -2.46. The van der Waals surface area contributed by atoms with Crippen molar-refractivity contribution in [2.24, 2.45) is 0 Å². The Bertz CT molecular complexity index is 1350. The topological polar surface area (TPSA) is 89.0 Å². The zero-order chi connectivity index (χ0) is 25.4. The lowest BCUT2D eigenvalue weighted by atomic mass is 10.0. The maximum atomic E-state index is 13.4. The van der Waals surface area contributed by atoms with Crippen LogP contribution in [0.2, 0.25) is 0 Å². The highest BCUT2D eigenvalue weighted by Crippen LogP contribution is 2.38. The highest BCUT2D eigenvalue weighted by Gasteiger charge is 2.34. The van der Waals surface area contributed by atoms with Crippen molar-refractivity contribution in [3.63, 3.8) is 0 Å². The van der Waals surface area contributed by atoms with Gasteiger partial charge in [0, 0.05) is 23.1 Å². The first-order valence-electron chi connectivity index (χ1n) is 12.1. The molecule has 36 heavy (non-hydrogen) atoms. The maximum Gasteiger partial charge on any atom is 0.268 e. The third-order valence-corrected chi connectivity index (χ3v) is 7.23. The summed E-state index contributed by atoms with van der Waals surface area (Å²) in [7, 11) is 0. The molecule has 2 aliphatic rings. The second-order valence-corrected chi connectivity index (χ2v) is 9.72. The smallest absolute Gasteiger partial charge is 0.268 e. The molecule has 2 amide bonds. The number of nitrogens with zero attached hydrogens (tertiary/aromatic N) is 3. The Labute approximate surface area is 213 Å². The second-order valence-electron chi connectivity index (χ2n) is 8.78. The molecule has 9 heteroatoms. The molecule has 0 N–H and O–H groups in total. The Kier molecular flexibility index (Phi) is 6.49. The summed E-state index contributed by atoms with van der Waals surface area (Å²) in [5.41, 5.74) is 3.20. The van der Waals surface area contributed by atoms with Crippen LogP contribution in [0.25, 0.3) is 11.3 Å². The first kappa shape index (κ1) is 24.0. The van der Waals surface area contributed by atoms with Gasteiger partial charge in [-0.1, -0.05) is 6.92 Å². The van der Waals surface area contributed by atoms with E-state index in [9.17, 15) is 14.4 Å². The number of fused-ring (bicyclic) bond motifs is 2. The van der Waals surface area contributed by atoms with Crippen LogP contribution in [0, 0.1) is 0 Å². The largest absolute Gasteiger partial charge is 0.482 e. The van der Waals surface area contributed by atoms with E-state index in [1.54, 1.807) is 41.4 Å². The van der Waals surface area contributed by atoms with Gasteiger partial charge in [-0.25, -0.2) is 4.98 Å². The molecule has 0 fully saturated rings. The fraction of sp³-hybridized carbons (Fsp3) is 0.333. The average Bonchev–Trinajstić information content (AvgIpc) is 3.35. The first-order chi connectivity index (χ1) is 17.4. The van der Waals surface area contributed by atoms with Crippen LogP contribution in [0.5, 0.6) is 11.5 Å².